The molecule has 0 aliphatic rings. The van der Waals surface area contributed by atoms with E-state index in [2.05, 4.69) is 15.6 Å². The molecule has 20 heavy (non-hydrogen) atoms. The average molecular weight is 274 g/mol. The van der Waals surface area contributed by atoms with Crippen molar-refractivity contribution in [3.05, 3.63) is 41.6 Å². The number of nitrogen functional groups attached to an aromatic ring is 1. The largest absolute Gasteiger partial charge is 0.444 e. The minimum Gasteiger partial charge on any atom is -0.444 e. The Morgan fingerprint density at radius 3 is 2.80 bits per heavy atom. The summed E-state index contributed by atoms with van der Waals surface area (Å²) in [5.74, 6) is 1.17. The molecule has 2 aromatic rings. The maximum Gasteiger partial charge on any atom is 0.251 e. The number of nitrogens with zero attached hydrogens (tertiary/aromatic N) is 1. The fourth-order valence-electron chi connectivity index (χ4n) is 1.83. The fraction of sp³-hybridized carbons (Fsp3) is 0.286. The van der Waals surface area contributed by atoms with E-state index in [9.17, 15) is 4.79 Å². The van der Waals surface area contributed by atoms with E-state index in [1.165, 1.54) is 0 Å². The first-order valence-electron chi connectivity index (χ1n) is 6.31. The molecule has 6 heteroatoms. The highest BCUT2D eigenvalue weighted by atomic mass is 16.4. The van der Waals surface area contributed by atoms with Gasteiger partial charge in [-0.1, -0.05) is 0 Å². The molecule has 1 aromatic heterocycles. The van der Waals surface area contributed by atoms with Crippen molar-refractivity contribution in [2.24, 2.45) is 0 Å². The number of aromatic nitrogens is 1. The topological polar surface area (TPSA) is 93.2 Å². The lowest BCUT2D eigenvalue weighted by atomic mass is 10.1. The number of benzene rings is 1. The lowest BCUT2D eigenvalue weighted by Crippen LogP contribution is -2.18. The first-order valence-corrected chi connectivity index (χ1v) is 6.31. The summed E-state index contributed by atoms with van der Waals surface area (Å²) in [7, 11) is 1.59. The third-order valence-corrected chi connectivity index (χ3v) is 2.92. The molecule has 1 heterocycles. The second kappa shape index (κ2) is 5.64. The molecular weight excluding hydrogens is 256 g/mol. The van der Waals surface area contributed by atoms with E-state index in [4.69, 9.17) is 10.2 Å². The Morgan fingerprint density at radius 1 is 1.45 bits per heavy atom. The van der Waals surface area contributed by atoms with Gasteiger partial charge in [-0.05, 0) is 32.0 Å². The molecule has 106 valence electrons. The van der Waals surface area contributed by atoms with Crippen LogP contribution in [0.3, 0.4) is 0 Å². The predicted octanol–water partition coefficient (Wildman–Crippen LogP) is 2.10. The summed E-state index contributed by atoms with van der Waals surface area (Å²) < 4.78 is 5.46. The Labute approximate surface area is 117 Å². The minimum absolute atomic E-state index is 0.147. The number of nitrogens with two attached hydrogens (primary N) is 1. The van der Waals surface area contributed by atoms with Gasteiger partial charge in [0, 0.05) is 12.6 Å². The first-order chi connectivity index (χ1) is 9.51. The van der Waals surface area contributed by atoms with Crippen molar-refractivity contribution in [2.45, 2.75) is 19.9 Å². The third kappa shape index (κ3) is 2.90. The van der Waals surface area contributed by atoms with Gasteiger partial charge in [-0.15, -0.1) is 0 Å². The van der Waals surface area contributed by atoms with Crippen LogP contribution in [0, 0.1) is 6.92 Å². The number of nitrogens with one attached hydrogen (secondary N) is 2. The van der Waals surface area contributed by atoms with Crippen LogP contribution in [0.15, 0.2) is 28.8 Å². The zero-order valence-corrected chi connectivity index (χ0v) is 11.7. The van der Waals surface area contributed by atoms with Crippen LogP contribution in [0.4, 0.5) is 11.4 Å². The summed E-state index contributed by atoms with van der Waals surface area (Å²) in [6.45, 7) is 3.75. The molecule has 4 N–H and O–H groups in total. The molecule has 0 aliphatic carbocycles. The van der Waals surface area contributed by atoms with Crippen molar-refractivity contribution in [3.63, 3.8) is 0 Å². The smallest absolute Gasteiger partial charge is 0.251 e. The van der Waals surface area contributed by atoms with Crippen LogP contribution < -0.4 is 16.4 Å². The Hall–Kier alpha value is -2.50. The van der Waals surface area contributed by atoms with Crippen LogP contribution in [0.1, 0.15) is 35.0 Å². The van der Waals surface area contributed by atoms with Gasteiger partial charge in [0.1, 0.15) is 11.8 Å². The molecule has 2 rings (SSSR count). The zero-order chi connectivity index (χ0) is 14.7. The third-order valence-electron chi connectivity index (χ3n) is 2.92. The Morgan fingerprint density at radius 2 is 2.20 bits per heavy atom. The molecule has 0 fully saturated rings. The summed E-state index contributed by atoms with van der Waals surface area (Å²) in [4.78, 5) is 15.8. The summed E-state index contributed by atoms with van der Waals surface area (Å²) in [6, 6.07) is 4.94. The van der Waals surface area contributed by atoms with Gasteiger partial charge in [0.05, 0.1) is 17.6 Å². The molecule has 1 unspecified atom stereocenters. The maximum absolute atomic E-state index is 11.6. The van der Waals surface area contributed by atoms with Gasteiger partial charge in [0.25, 0.3) is 5.91 Å². The van der Waals surface area contributed by atoms with E-state index < -0.39 is 0 Å². The maximum atomic E-state index is 11.6. The number of rotatable bonds is 4. The number of carbonyl (C=O) groups excluding carboxylic acids is 1. The molecule has 1 amide bonds. The summed E-state index contributed by atoms with van der Waals surface area (Å²) in [5.41, 5.74) is 7.70. The van der Waals surface area contributed by atoms with Crippen molar-refractivity contribution in [1.29, 1.82) is 0 Å². The highest BCUT2D eigenvalue weighted by Gasteiger charge is 2.14. The molecule has 1 aromatic carbocycles. The van der Waals surface area contributed by atoms with E-state index in [-0.39, 0.29) is 11.9 Å². The lowest BCUT2D eigenvalue weighted by molar-refractivity contribution is 0.0963. The number of hydrogen-bond acceptors (Lipinski definition) is 5. The van der Waals surface area contributed by atoms with E-state index in [1.54, 1.807) is 31.4 Å². The first kappa shape index (κ1) is 13.9. The van der Waals surface area contributed by atoms with Crippen LogP contribution in [0.2, 0.25) is 0 Å². The number of oxazole rings is 1. The molecule has 0 bridgehead atoms. The van der Waals surface area contributed by atoms with Crippen molar-refractivity contribution in [1.82, 2.24) is 10.3 Å². The zero-order valence-electron chi connectivity index (χ0n) is 11.7. The van der Waals surface area contributed by atoms with Gasteiger partial charge in [0.15, 0.2) is 0 Å². The highest BCUT2D eigenvalue weighted by molar-refractivity contribution is 5.96. The standard InChI is InChI=1S/C14H18N4O2/c1-8-7-17-14(20-8)9(2)18-12-6-10(13(19)16-3)4-5-11(12)15/h4-7,9,18H,15H2,1-3H3,(H,16,19). The quantitative estimate of drug-likeness (QED) is 0.742. The van der Waals surface area contributed by atoms with Gasteiger partial charge >= 0.3 is 0 Å². The van der Waals surface area contributed by atoms with Crippen molar-refractivity contribution >= 4 is 17.3 Å². The van der Waals surface area contributed by atoms with Gasteiger partial charge in [-0.25, -0.2) is 4.98 Å². The van der Waals surface area contributed by atoms with Crippen LogP contribution in [0.25, 0.3) is 0 Å². The van der Waals surface area contributed by atoms with Crippen LogP contribution in [-0.4, -0.2) is 17.9 Å². The van der Waals surface area contributed by atoms with E-state index in [0.717, 1.165) is 5.76 Å². The second-order valence-corrected chi connectivity index (χ2v) is 4.56. The van der Waals surface area contributed by atoms with Gasteiger partial charge < -0.3 is 20.8 Å². The molecule has 1 atom stereocenters. The van der Waals surface area contributed by atoms with E-state index in [1.807, 2.05) is 13.8 Å². The summed E-state index contributed by atoms with van der Waals surface area (Å²) in [6.07, 6.45) is 1.66. The molecular formula is C14H18N4O2. The molecule has 0 saturated carbocycles. The van der Waals surface area contributed by atoms with Crippen LogP contribution in [-0.2, 0) is 0 Å². The number of amides is 1. The highest BCUT2D eigenvalue weighted by Crippen LogP contribution is 2.25. The summed E-state index contributed by atoms with van der Waals surface area (Å²) in [5, 5.41) is 5.78. The molecule has 0 spiro atoms. The molecule has 0 radical (unpaired) electrons. The van der Waals surface area contributed by atoms with Gasteiger partial charge in [-0.3, -0.25) is 4.79 Å². The average Bonchev–Trinajstić information content (AvgIpc) is 2.87. The number of anilines is 2. The Kier molecular flexibility index (Phi) is 3.93. The number of carbonyl (C=O) groups is 1. The Balaban J connectivity index is 2.22. The monoisotopic (exact) mass is 274 g/mol. The summed E-state index contributed by atoms with van der Waals surface area (Å²) >= 11 is 0. The number of aryl methyl sites for hydroxylation is 1. The van der Waals surface area contributed by atoms with Gasteiger partial charge in [-0.2, -0.15) is 0 Å². The predicted molar refractivity (Wildman–Crippen MR) is 77.5 cm³/mol. The van der Waals surface area contributed by atoms with Crippen molar-refractivity contribution in [3.8, 4) is 0 Å². The Bertz CT molecular complexity index is 621. The fourth-order valence-corrected chi connectivity index (χ4v) is 1.83. The normalized spacial score (nSPS) is 11.9. The van der Waals surface area contributed by atoms with Crippen LogP contribution >= 0.6 is 0 Å². The van der Waals surface area contributed by atoms with Gasteiger partial charge in [0.2, 0.25) is 5.89 Å². The van der Waals surface area contributed by atoms with E-state index >= 15 is 0 Å². The van der Waals surface area contributed by atoms with Crippen molar-refractivity contribution < 1.29 is 9.21 Å². The number of hydrogen-bond donors (Lipinski definition) is 3. The second-order valence-electron chi connectivity index (χ2n) is 4.56. The van der Waals surface area contributed by atoms with E-state index in [0.29, 0.717) is 22.8 Å². The SMILES string of the molecule is CNC(=O)c1ccc(N)c(NC(C)c2ncc(C)o2)c1. The molecule has 6 nitrogen and oxygen atoms in total. The molecule has 0 saturated heterocycles. The minimum atomic E-state index is -0.160. The molecule has 0 aliphatic heterocycles. The lowest BCUT2D eigenvalue weighted by Gasteiger charge is -2.15. The van der Waals surface area contributed by atoms with Crippen molar-refractivity contribution in [2.75, 3.05) is 18.1 Å². The van der Waals surface area contributed by atoms with Crippen LogP contribution in [0.5, 0.6) is 0 Å².